The number of nitrogens with zero attached hydrogens (tertiary/aromatic N) is 2. The zero-order chi connectivity index (χ0) is 11.9. The van der Waals surface area contributed by atoms with Crippen molar-refractivity contribution in [2.75, 3.05) is 5.75 Å². The zero-order valence-electron chi connectivity index (χ0n) is 8.80. The third-order valence-electron chi connectivity index (χ3n) is 1.20. The van der Waals surface area contributed by atoms with Crippen LogP contribution in [0, 0.1) is 0 Å². The van der Waals surface area contributed by atoms with Gasteiger partial charge in [0.15, 0.2) is 5.16 Å². The summed E-state index contributed by atoms with van der Waals surface area (Å²) in [6.07, 6.45) is -3.26. The van der Waals surface area contributed by atoms with E-state index in [1.165, 1.54) is 11.8 Å². The highest BCUT2D eigenvalue weighted by molar-refractivity contribution is 7.99. The van der Waals surface area contributed by atoms with Gasteiger partial charge in [0.2, 0.25) is 0 Å². The van der Waals surface area contributed by atoms with E-state index in [1.807, 2.05) is 20.8 Å². The van der Waals surface area contributed by atoms with Gasteiger partial charge in [-0.15, -0.1) is 0 Å². The molecule has 0 bridgehead atoms. The molecule has 0 amide bonds. The van der Waals surface area contributed by atoms with E-state index in [9.17, 15) is 13.2 Å². The van der Waals surface area contributed by atoms with Crippen LogP contribution in [-0.4, -0.2) is 15.7 Å². The highest BCUT2D eigenvalue weighted by atomic mass is 32.2. The van der Waals surface area contributed by atoms with Crippen molar-refractivity contribution < 1.29 is 13.2 Å². The van der Waals surface area contributed by atoms with Crippen molar-refractivity contribution >= 4 is 11.8 Å². The molecule has 0 aliphatic rings. The SMILES string of the molecule is CC.CCSc1nccc(C(F)(F)F)n1. The molecule has 86 valence electrons. The summed E-state index contributed by atoms with van der Waals surface area (Å²) in [6.45, 7) is 5.83. The minimum absolute atomic E-state index is 0.164. The van der Waals surface area contributed by atoms with Gasteiger partial charge in [-0.05, 0) is 11.8 Å². The van der Waals surface area contributed by atoms with Gasteiger partial charge < -0.3 is 0 Å². The zero-order valence-corrected chi connectivity index (χ0v) is 9.61. The van der Waals surface area contributed by atoms with Crippen LogP contribution in [0.25, 0.3) is 0 Å². The number of thioether (sulfide) groups is 1. The molecule has 0 aromatic carbocycles. The van der Waals surface area contributed by atoms with Gasteiger partial charge in [0, 0.05) is 6.20 Å². The summed E-state index contributed by atoms with van der Waals surface area (Å²) in [4.78, 5) is 7.06. The molecule has 6 heteroatoms. The number of rotatable bonds is 2. The lowest BCUT2D eigenvalue weighted by atomic mass is 10.4. The smallest absolute Gasteiger partial charge is 0.231 e. The van der Waals surface area contributed by atoms with Gasteiger partial charge >= 0.3 is 6.18 Å². The molecule has 0 saturated heterocycles. The van der Waals surface area contributed by atoms with Crippen LogP contribution in [-0.2, 0) is 6.18 Å². The minimum Gasteiger partial charge on any atom is -0.231 e. The van der Waals surface area contributed by atoms with Gasteiger partial charge in [-0.3, -0.25) is 0 Å². The molecular weight excluding hydrogens is 225 g/mol. The molecule has 1 aromatic heterocycles. The standard InChI is InChI=1S/C7H7F3N2S.C2H6/c1-2-13-6-11-4-3-5(12-6)7(8,9)10;1-2/h3-4H,2H2,1H3;1-2H3. The Labute approximate surface area is 91.3 Å². The summed E-state index contributed by atoms with van der Waals surface area (Å²) in [6, 6.07) is 0.861. The number of halogens is 3. The fourth-order valence-electron chi connectivity index (χ4n) is 0.697. The first-order valence-electron chi connectivity index (χ1n) is 4.57. The molecule has 0 atom stereocenters. The Morgan fingerprint density at radius 2 is 1.93 bits per heavy atom. The van der Waals surface area contributed by atoms with Crippen molar-refractivity contribution in [2.24, 2.45) is 0 Å². The lowest BCUT2D eigenvalue weighted by molar-refractivity contribution is -0.141. The van der Waals surface area contributed by atoms with Gasteiger partial charge in [0.1, 0.15) is 5.69 Å². The van der Waals surface area contributed by atoms with Crippen LogP contribution in [0.4, 0.5) is 13.2 Å². The fraction of sp³-hybridized carbons (Fsp3) is 0.556. The second-order valence-electron chi connectivity index (χ2n) is 2.16. The van der Waals surface area contributed by atoms with E-state index in [0.717, 1.165) is 12.3 Å². The van der Waals surface area contributed by atoms with Crippen molar-refractivity contribution in [3.8, 4) is 0 Å². The largest absolute Gasteiger partial charge is 0.433 e. The number of aromatic nitrogens is 2. The van der Waals surface area contributed by atoms with Crippen LogP contribution in [0.5, 0.6) is 0 Å². The summed E-state index contributed by atoms with van der Waals surface area (Å²) >= 11 is 1.18. The number of alkyl halides is 3. The van der Waals surface area contributed by atoms with E-state index in [0.29, 0.717) is 5.75 Å². The lowest BCUT2D eigenvalue weighted by Crippen LogP contribution is -2.08. The molecule has 0 aliphatic heterocycles. The first kappa shape index (κ1) is 14.2. The molecule has 1 heterocycles. The first-order chi connectivity index (χ1) is 7.04. The van der Waals surface area contributed by atoms with Crippen molar-refractivity contribution in [1.82, 2.24) is 9.97 Å². The Hall–Kier alpha value is -0.780. The molecule has 2 nitrogen and oxygen atoms in total. The van der Waals surface area contributed by atoms with Crippen LogP contribution in [0.1, 0.15) is 26.5 Å². The molecule has 0 radical (unpaired) electrons. The van der Waals surface area contributed by atoms with E-state index < -0.39 is 11.9 Å². The predicted molar refractivity (Wildman–Crippen MR) is 54.8 cm³/mol. The Balaban J connectivity index is 0.000000921. The summed E-state index contributed by atoms with van der Waals surface area (Å²) in [5.41, 5.74) is -0.890. The molecule has 0 saturated carbocycles. The van der Waals surface area contributed by atoms with Gasteiger partial charge in [0.25, 0.3) is 0 Å². The molecule has 15 heavy (non-hydrogen) atoms. The Bertz CT molecular complexity index is 289. The van der Waals surface area contributed by atoms with Crippen LogP contribution >= 0.6 is 11.8 Å². The van der Waals surface area contributed by atoms with E-state index in [1.54, 1.807) is 0 Å². The third kappa shape index (κ3) is 5.01. The molecule has 1 aromatic rings. The Morgan fingerprint density at radius 1 is 1.33 bits per heavy atom. The van der Waals surface area contributed by atoms with Crippen molar-refractivity contribution in [3.05, 3.63) is 18.0 Å². The Morgan fingerprint density at radius 3 is 2.40 bits per heavy atom. The average Bonchev–Trinajstić information content (AvgIpc) is 2.21. The van der Waals surface area contributed by atoms with Crippen molar-refractivity contribution in [3.63, 3.8) is 0 Å². The maximum Gasteiger partial charge on any atom is 0.433 e. The monoisotopic (exact) mass is 238 g/mol. The predicted octanol–water partition coefficient (Wildman–Crippen LogP) is 3.63. The maximum atomic E-state index is 12.1. The molecular formula is C9H13F3N2S. The molecule has 0 aliphatic carbocycles. The molecule has 0 spiro atoms. The summed E-state index contributed by atoms with van der Waals surface area (Å²) in [5.74, 6) is 0.654. The van der Waals surface area contributed by atoms with Gasteiger partial charge in [-0.2, -0.15) is 13.2 Å². The summed E-state index contributed by atoms with van der Waals surface area (Å²) in [5, 5.41) is 0.164. The number of hydrogen-bond acceptors (Lipinski definition) is 3. The molecule has 0 unspecified atom stereocenters. The summed E-state index contributed by atoms with van der Waals surface area (Å²) in [7, 11) is 0. The van der Waals surface area contributed by atoms with E-state index >= 15 is 0 Å². The third-order valence-corrected chi connectivity index (χ3v) is 1.94. The quantitative estimate of drug-likeness (QED) is 0.581. The second-order valence-corrected chi connectivity index (χ2v) is 3.39. The minimum atomic E-state index is -4.38. The van der Waals surface area contributed by atoms with Crippen LogP contribution < -0.4 is 0 Å². The van der Waals surface area contributed by atoms with Crippen LogP contribution in [0.2, 0.25) is 0 Å². The second kappa shape index (κ2) is 6.66. The van der Waals surface area contributed by atoms with E-state index in [-0.39, 0.29) is 5.16 Å². The number of hydrogen-bond donors (Lipinski definition) is 0. The molecule has 0 fully saturated rings. The van der Waals surface area contributed by atoms with Crippen LogP contribution in [0.3, 0.4) is 0 Å². The molecule has 0 N–H and O–H groups in total. The Kier molecular flexibility index (Phi) is 6.31. The first-order valence-corrected chi connectivity index (χ1v) is 5.55. The van der Waals surface area contributed by atoms with Gasteiger partial charge in [0.05, 0.1) is 0 Å². The lowest BCUT2D eigenvalue weighted by Gasteiger charge is -2.05. The normalized spacial score (nSPS) is 10.5. The fourth-order valence-corrected chi connectivity index (χ4v) is 1.25. The highest BCUT2D eigenvalue weighted by Gasteiger charge is 2.32. The van der Waals surface area contributed by atoms with Crippen LogP contribution in [0.15, 0.2) is 17.4 Å². The van der Waals surface area contributed by atoms with Crippen molar-refractivity contribution in [1.29, 1.82) is 0 Å². The summed E-state index contributed by atoms with van der Waals surface area (Å²) < 4.78 is 36.3. The van der Waals surface area contributed by atoms with E-state index in [4.69, 9.17) is 0 Å². The van der Waals surface area contributed by atoms with Gasteiger partial charge in [-0.1, -0.05) is 32.5 Å². The average molecular weight is 238 g/mol. The van der Waals surface area contributed by atoms with Gasteiger partial charge in [-0.25, -0.2) is 9.97 Å². The highest BCUT2D eigenvalue weighted by Crippen LogP contribution is 2.28. The maximum absolute atomic E-state index is 12.1. The van der Waals surface area contributed by atoms with Crippen molar-refractivity contribution in [2.45, 2.75) is 32.1 Å². The molecule has 1 rings (SSSR count). The van der Waals surface area contributed by atoms with E-state index in [2.05, 4.69) is 9.97 Å². The topological polar surface area (TPSA) is 25.8 Å².